The van der Waals surface area contributed by atoms with Gasteiger partial charge in [-0.3, -0.25) is 4.79 Å². The second-order valence-electron chi connectivity index (χ2n) is 7.01. The molecule has 150 valence electrons. The second-order valence-corrected chi connectivity index (χ2v) is 8.94. The van der Waals surface area contributed by atoms with Crippen LogP contribution in [0.25, 0.3) is 0 Å². The van der Waals surface area contributed by atoms with Gasteiger partial charge in [0.2, 0.25) is 5.91 Å². The summed E-state index contributed by atoms with van der Waals surface area (Å²) in [5.74, 6) is -0.733. The summed E-state index contributed by atoms with van der Waals surface area (Å²) in [5, 5.41) is 2.68. The molecule has 1 heterocycles. The summed E-state index contributed by atoms with van der Waals surface area (Å²) in [7, 11) is -3.68. The number of hydrogen-bond acceptors (Lipinski definition) is 3. The van der Waals surface area contributed by atoms with Gasteiger partial charge in [-0.05, 0) is 42.7 Å². The monoisotopic (exact) mass is 405 g/mol. The van der Waals surface area contributed by atoms with E-state index in [1.54, 1.807) is 12.1 Å². The van der Waals surface area contributed by atoms with E-state index >= 15 is 0 Å². The van der Waals surface area contributed by atoms with Crippen molar-refractivity contribution < 1.29 is 17.6 Å². The van der Waals surface area contributed by atoms with Crippen molar-refractivity contribution in [3.05, 3.63) is 70.5 Å². The highest BCUT2D eigenvalue weighted by atomic mass is 32.2. The van der Waals surface area contributed by atoms with Crippen LogP contribution in [-0.4, -0.2) is 42.6 Å². The lowest BCUT2D eigenvalue weighted by Gasteiger charge is -2.19. The molecule has 0 aliphatic carbocycles. The lowest BCUT2D eigenvalue weighted by atomic mass is 10.1. The van der Waals surface area contributed by atoms with Gasteiger partial charge in [0.25, 0.3) is 10.2 Å². The predicted molar refractivity (Wildman–Crippen MR) is 105 cm³/mol. The van der Waals surface area contributed by atoms with Crippen molar-refractivity contribution in [3.63, 3.8) is 0 Å². The first-order valence-corrected chi connectivity index (χ1v) is 10.5. The predicted octanol–water partition coefficient (Wildman–Crippen LogP) is 2.12. The van der Waals surface area contributed by atoms with Crippen LogP contribution in [0.1, 0.15) is 22.3 Å². The van der Waals surface area contributed by atoms with E-state index in [9.17, 15) is 17.6 Å². The summed E-state index contributed by atoms with van der Waals surface area (Å²) in [4.78, 5) is 12.2. The molecule has 2 aromatic rings. The highest BCUT2D eigenvalue weighted by Crippen LogP contribution is 2.21. The van der Waals surface area contributed by atoms with Gasteiger partial charge in [0.15, 0.2) is 0 Å². The molecule has 8 heteroatoms. The zero-order chi connectivity index (χ0) is 20.3. The molecule has 28 heavy (non-hydrogen) atoms. The summed E-state index contributed by atoms with van der Waals surface area (Å²) in [5.41, 5.74) is 3.83. The lowest BCUT2D eigenvalue weighted by Crippen LogP contribution is -2.40. The van der Waals surface area contributed by atoms with Crippen LogP contribution < -0.4 is 5.32 Å². The minimum absolute atomic E-state index is 0.221. The summed E-state index contributed by atoms with van der Waals surface area (Å²) in [6.45, 7) is 4.84. The van der Waals surface area contributed by atoms with E-state index in [1.165, 1.54) is 20.7 Å². The Hall–Kier alpha value is -2.29. The maximum atomic E-state index is 12.9. The van der Waals surface area contributed by atoms with Crippen LogP contribution in [-0.2, 0) is 28.1 Å². The average Bonchev–Trinajstić information content (AvgIpc) is 2.92. The van der Waals surface area contributed by atoms with Gasteiger partial charge in [0.1, 0.15) is 5.82 Å². The van der Waals surface area contributed by atoms with Gasteiger partial charge in [0, 0.05) is 26.2 Å². The molecular formula is C20H24FN3O3S. The molecule has 1 saturated heterocycles. The molecule has 1 aliphatic rings. The molecule has 0 aromatic heterocycles. The number of nitrogens with one attached hydrogen (secondary N) is 1. The molecule has 0 unspecified atom stereocenters. The van der Waals surface area contributed by atoms with Gasteiger partial charge in [-0.1, -0.05) is 35.9 Å². The minimum Gasteiger partial charge on any atom is -0.351 e. The van der Waals surface area contributed by atoms with Crippen molar-refractivity contribution in [1.82, 2.24) is 13.9 Å². The Bertz CT molecular complexity index is 961. The Labute approximate surface area is 165 Å². The number of aryl methyl sites for hydroxylation is 2. The molecule has 0 spiro atoms. The minimum atomic E-state index is -3.68. The Morgan fingerprint density at radius 2 is 1.75 bits per heavy atom. The molecule has 1 fully saturated rings. The molecular weight excluding hydrogens is 381 g/mol. The lowest BCUT2D eigenvalue weighted by molar-refractivity contribution is -0.121. The first-order valence-electron chi connectivity index (χ1n) is 9.08. The number of benzene rings is 2. The Morgan fingerprint density at radius 3 is 2.46 bits per heavy atom. The van der Waals surface area contributed by atoms with Crippen molar-refractivity contribution in [2.45, 2.75) is 26.9 Å². The van der Waals surface area contributed by atoms with Gasteiger partial charge in [-0.2, -0.15) is 17.0 Å². The molecule has 0 atom stereocenters. The van der Waals surface area contributed by atoms with E-state index in [2.05, 4.69) is 5.32 Å². The third-order valence-corrected chi connectivity index (χ3v) is 6.75. The number of rotatable bonds is 6. The Balaban J connectivity index is 1.58. The molecule has 0 bridgehead atoms. The fourth-order valence-corrected chi connectivity index (χ4v) is 4.65. The normalized spacial score (nSPS) is 17.0. The van der Waals surface area contributed by atoms with E-state index in [4.69, 9.17) is 0 Å². The quantitative estimate of drug-likeness (QED) is 0.800. The van der Waals surface area contributed by atoms with Gasteiger partial charge >= 0.3 is 0 Å². The van der Waals surface area contributed by atoms with Gasteiger partial charge in [-0.25, -0.2) is 4.39 Å². The fourth-order valence-electron chi connectivity index (χ4n) is 3.12. The van der Waals surface area contributed by atoms with Crippen LogP contribution in [0.2, 0.25) is 0 Å². The van der Waals surface area contributed by atoms with Crippen molar-refractivity contribution in [1.29, 1.82) is 0 Å². The zero-order valence-electron chi connectivity index (χ0n) is 16.0. The van der Waals surface area contributed by atoms with Crippen molar-refractivity contribution in [2.75, 3.05) is 19.6 Å². The topological polar surface area (TPSA) is 69.7 Å². The summed E-state index contributed by atoms with van der Waals surface area (Å²) >= 11 is 0. The van der Waals surface area contributed by atoms with E-state index in [0.717, 1.165) is 22.3 Å². The molecule has 1 N–H and O–H groups in total. The molecule has 6 nitrogen and oxygen atoms in total. The average molecular weight is 405 g/mol. The molecule has 0 radical (unpaired) electrons. The summed E-state index contributed by atoms with van der Waals surface area (Å²) in [6, 6.07) is 11.8. The standard InChI is InChI=1S/C20H24FN3O3S/c1-15-3-4-16(2)18(11-15)13-23-9-10-24(28(23,26)27)14-20(25)22-12-17-5-7-19(21)8-6-17/h3-8,11H,9-10,12-14H2,1-2H3,(H,22,25). The third-order valence-electron chi connectivity index (χ3n) is 4.83. The van der Waals surface area contributed by atoms with Gasteiger partial charge in [-0.15, -0.1) is 0 Å². The highest BCUT2D eigenvalue weighted by Gasteiger charge is 2.37. The van der Waals surface area contributed by atoms with E-state index < -0.39 is 10.2 Å². The SMILES string of the molecule is Cc1ccc(C)c(CN2CCN(CC(=O)NCc3ccc(F)cc3)S2(=O)=O)c1. The van der Waals surface area contributed by atoms with Crippen LogP contribution in [0.4, 0.5) is 4.39 Å². The Morgan fingerprint density at radius 1 is 1.07 bits per heavy atom. The molecule has 0 saturated carbocycles. The Kier molecular flexibility index (Phi) is 6.12. The van der Waals surface area contributed by atoms with Gasteiger partial charge in [0.05, 0.1) is 6.54 Å². The molecule has 2 aromatic carbocycles. The third kappa shape index (κ3) is 4.76. The summed E-state index contributed by atoms with van der Waals surface area (Å²) in [6.07, 6.45) is 0. The highest BCUT2D eigenvalue weighted by molar-refractivity contribution is 7.87. The fraction of sp³-hybridized carbons (Fsp3) is 0.350. The van der Waals surface area contributed by atoms with Crippen LogP contribution >= 0.6 is 0 Å². The molecule has 1 amide bonds. The maximum absolute atomic E-state index is 12.9. The number of carbonyl (C=O) groups excluding carboxylic acids is 1. The smallest absolute Gasteiger partial charge is 0.282 e. The van der Waals surface area contributed by atoms with Crippen molar-refractivity contribution in [2.24, 2.45) is 0 Å². The van der Waals surface area contributed by atoms with Gasteiger partial charge < -0.3 is 5.32 Å². The zero-order valence-corrected chi connectivity index (χ0v) is 16.8. The van der Waals surface area contributed by atoms with Crippen LogP contribution in [0.15, 0.2) is 42.5 Å². The van der Waals surface area contributed by atoms with Crippen LogP contribution in [0.5, 0.6) is 0 Å². The first-order chi connectivity index (χ1) is 13.3. The second kappa shape index (κ2) is 8.38. The number of halogens is 1. The number of carbonyl (C=O) groups is 1. The van der Waals surface area contributed by atoms with E-state index in [-0.39, 0.29) is 31.4 Å². The maximum Gasteiger partial charge on any atom is 0.282 e. The number of hydrogen-bond donors (Lipinski definition) is 1. The summed E-state index contributed by atoms with van der Waals surface area (Å²) < 4.78 is 41.1. The number of nitrogens with zero attached hydrogens (tertiary/aromatic N) is 2. The molecule has 1 aliphatic heterocycles. The largest absolute Gasteiger partial charge is 0.351 e. The van der Waals surface area contributed by atoms with Crippen LogP contribution in [0, 0.1) is 19.7 Å². The molecule has 3 rings (SSSR count). The van der Waals surface area contributed by atoms with E-state index in [1.807, 2.05) is 32.0 Å². The van der Waals surface area contributed by atoms with Crippen molar-refractivity contribution in [3.8, 4) is 0 Å². The first kappa shape index (κ1) is 20.4. The van der Waals surface area contributed by atoms with Crippen molar-refractivity contribution >= 4 is 16.1 Å². The van der Waals surface area contributed by atoms with Crippen LogP contribution in [0.3, 0.4) is 0 Å². The van der Waals surface area contributed by atoms with E-state index in [0.29, 0.717) is 13.1 Å². The number of amides is 1.